The first-order valence-corrected chi connectivity index (χ1v) is 11.9. The van der Waals surface area contributed by atoms with Crippen molar-refractivity contribution in [1.29, 1.82) is 0 Å². The zero-order chi connectivity index (χ0) is 16.7. The van der Waals surface area contributed by atoms with Crippen molar-refractivity contribution in [3.8, 4) is 0 Å². The minimum atomic E-state index is -1.15. The van der Waals surface area contributed by atoms with E-state index in [1.165, 1.54) is 0 Å². The van der Waals surface area contributed by atoms with E-state index in [0.717, 1.165) is 11.6 Å². The van der Waals surface area contributed by atoms with Crippen LogP contribution >= 0.6 is 0 Å². The van der Waals surface area contributed by atoms with Crippen LogP contribution in [-0.4, -0.2) is 38.1 Å². The van der Waals surface area contributed by atoms with Crippen molar-refractivity contribution in [2.75, 3.05) is 18.2 Å². The third-order valence-corrected chi connectivity index (χ3v) is 6.46. The fraction of sp³-hybridized carbons (Fsp3) is 0.588. The molecule has 1 fully saturated rings. The molecule has 0 aromatic carbocycles. The molecule has 2 aliphatic rings. The quantitative estimate of drug-likeness (QED) is 0.614. The molecule has 1 spiro atoms. The lowest BCUT2D eigenvalue weighted by atomic mass is 9.81. The van der Waals surface area contributed by atoms with Gasteiger partial charge < -0.3 is 4.74 Å². The molecule has 23 heavy (non-hydrogen) atoms. The van der Waals surface area contributed by atoms with Crippen molar-refractivity contribution in [3.63, 3.8) is 0 Å². The molecular weight excluding hydrogens is 308 g/mol. The standard InChI is InChI=1S/C17H24N2O3Si/c1-23(2,3)10-9-22-12-19-15-14(5-4-8-18-15)17(16(19)21)7-6-13(20)11-17/h4-5,8H,6-7,9-12H2,1-3H3/t17-/m0/s1. The van der Waals surface area contributed by atoms with Crippen LogP contribution in [0, 0.1) is 0 Å². The monoisotopic (exact) mass is 332 g/mol. The molecule has 2 heterocycles. The fourth-order valence-corrected chi connectivity index (χ4v) is 4.14. The summed E-state index contributed by atoms with van der Waals surface area (Å²) in [6, 6.07) is 4.83. The van der Waals surface area contributed by atoms with Crippen LogP contribution in [0.4, 0.5) is 5.82 Å². The number of aromatic nitrogens is 1. The third-order valence-electron chi connectivity index (χ3n) is 4.76. The molecule has 124 valence electrons. The number of amides is 1. The molecule has 0 saturated heterocycles. The lowest BCUT2D eigenvalue weighted by molar-refractivity contribution is -0.126. The molecule has 0 unspecified atom stereocenters. The highest BCUT2D eigenvalue weighted by atomic mass is 28.3. The maximum Gasteiger partial charge on any atom is 0.241 e. The lowest BCUT2D eigenvalue weighted by Gasteiger charge is -2.23. The Labute approximate surface area is 138 Å². The highest BCUT2D eigenvalue weighted by Crippen LogP contribution is 2.49. The van der Waals surface area contributed by atoms with E-state index in [0.29, 0.717) is 31.7 Å². The van der Waals surface area contributed by atoms with Gasteiger partial charge >= 0.3 is 0 Å². The number of hydrogen-bond donors (Lipinski definition) is 0. The van der Waals surface area contributed by atoms with Crippen LogP contribution < -0.4 is 4.90 Å². The van der Waals surface area contributed by atoms with Gasteiger partial charge in [-0.3, -0.25) is 14.5 Å². The summed E-state index contributed by atoms with van der Waals surface area (Å²) >= 11 is 0. The average Bonchev–Trinajstić information content (AvgIpc) is 2.98. The Balaban J connectivity index is 1.77. The van der Waals surface area contributed by atoms with E-state index in [4.69, 9.17) is 4.74 Å². The third kappa shape index (κ3) is 2.97. The SMILES string of the molecule is C[Si](C)(C)CCOCN1C(=O)[C@]2(CCC(=O)C2)c2cccnc21. The molecule has 1 aliphatic heterocycles. The summed E-state index contributed by atoms with van der Waals surface area (Å²) in [6.07, 6.45) is 3.06. The minimum absolute atomic E-state index is 0.0231. The van der Waals surface area contributed by atoms with E-state index in [1.807, 2.05) is 12.1 Å². The van der Waals surface area contributed by atoms with E-state index >= 15 is 0 Å². The van der Waals surface area contributed by atoms with Gasteiger partial charge in [-0.1, -0.05) is 25.7 Å². The van der Waals surface area contributed by atoms with Gasteiger partial charge in [-0.25, -0.2) is 4.98 Å². The number of rotatable bonds is 5. The van der Waals surface area contributed by atoms with Crippen molar-refractivity contribution in [2.45, 2.75) is 50.4 Å². The molecule has 1 aromatic heterocycles. The molecule has 1 atom stereocenters. The molecule has 1 amide bonds. The normalized spacial score (nSPS) is 23.9. The van der Waals surface area contributed by atoms with Crippen LogP contribution in [-0.2, 0) is 19.7 Å². The highest BCUT2D eigenvalue weighted by molar-refractivity contribution is 6.76. The van der Waals surface area contributed by atoms with Crippen molar-refractivity contribution < 1.29 is 14.3 Å². The topological polar surface area (TPSA) is 59.5 Å². The predicted molar refractivity (Wildman–Crippen MR) is 91.2 cm³/mol. The largest absolute Gasteiger partial charge is 0.361 e. The maximum atomic E-state index is 13.0. The van der Waals surface area contributed by atoms with Crippen LogP contribution in [0.25, 0.3) is 0 Å². The molecular formula is C17H24N2O3Si. The molecule has 1 aliphatic carbocycles. The Morgan fingerprint density at radius 1 is 1.35 bits per heavy atom. The van der Waals surface area contributed by atoms with Gasteiger partial charge in [0.05, 0.1) is 5.41 Å². The van der Waals surface area contributed by atoms with Crippen molar-refractivity contribution in [1.82, 2.24) is 4.98 Å². The number of hydrogen-bond acceptors (Lipinski definition) is 4. The smallest absolute Gasteiger partial charge is 0.241 e. The zero-order valence-corrected chi connectivity index (χ0v) is 15.1. The molecule has 6 heteroatoms. The van der Waals surface area contributed by atoms with Crippen molar-refractivity contribution >= 4 is 25.6 Å². The Hall–Kier alpha value is -1.53. The minimum Gasteiger partial charge on any atom is -0.361 e. The fourth-order valence-electron chi connectivity index (χ4n) is 3.39. The lowest BCUT2D eigenvalue weighted by Crippen LogP contribution is -2.40. The summed E-state index contributed by atoms with van der Waals surface area (Å²) < 4.78 is 5.77. The summed E-state index contributed by atoms with van der Waals surface area (Å²) in [5, 5.41) is 0. The van der Waals surface area contributed by atoms with Gasteiger partial charge in [-0.05, 0) is 18.5 Å². The second-order valence-electron chi connectivity index (χ2n) is 7.75. The molecule has 5 nitrogen and oxygen atoms in total. The number of pyridine rings is 1. The van der Waals surface area contributed by atoms with E-state index in [1.54, 1.807) is 11.1 Å². The van der Waals surface area contributed by atoms with Crippen LogP contribution in [0.15, 0.2) is 18.3 Å². The first-order valence-electron chi connectivity index (χ1n) is 8.20. The Kier molecular flexibility index (Phi) is 4.14. The number of Topliss-reactive ketones (excluding diaryl/α,β-unsaturated/α-hetero) is 1. The molecule has 1 saturated carbocycles. The van der Waals surface area contributed by atoms with E-state index < -0.39 is 13.5 Å². The Morgan fingerprint density at radius 3 is 2.78 bits per heavy atom. The van der Waals surface area contributed by atoms with Crippen LogP contribution in [0.3, 0.4) is 0 Å². The van der Waals surface area contributed by atoms with Gasteiger partial charge in [0.1, 0.15) is 18.3 Å². The van der Waals surface area contributed by atoms with Gasteiger partial charge in [0.15, 0.2) is 0 Å². The van der Waals surface area contributed by atoms with Crippen LogP contribution in [0.5, 0.6) is 0 Å². The molecule has 3 rings (SSSR count). The van der Waals surface area contributed by atoms with Gasteiger partial charge in [-0.15, -0.1) is 0 Å². The molecule has 1 aromatic rings. The van der Waals surface area contributed by atoms with E-state index in [-0.39, 0.29) is 18.4 Å². The van der Waals surface area contributed by atoms with Gasteiger partial charge in [-0.2, -0.15) is 0 Å². The summed E-state index contributed by atoms with van der Waals surface area (Å²) in [5.74, 6) is 0.805. The first-order chi connectivity index (χ1) is 10.8. The Bertz CT molecular complexity index is 641. The van der Waals surface area contributed by atoms with Crippen LogP contribution in [0.2, 0.25) is 25.7 Å². The van der Waals surface area contributed by atoms with Gasteiger partial charge in [0, 0.05) is 39.3 Å². The zero-order valence-electron chi connectivity index (χ0n) is 14.1. The number of ketones is 1. The number of carbonyl (C=O) groups excluding carboxylic acids is 2. The van der Waals surface area contributed by atoms with Gasteiger partial charge in [0.2, 0.25) is 5.91 Å². The maximum absolute atomic E-state index is 13.0. The number of anilines is 1. The molecule has 0 bridgehead atoms. The predicted octanol–water partition coefficient (Wildman–Crippen LogP) is 2.73. The van der Waals surface area contributed by atoms with E-state index in [9.17, 15) is 9.59 Å². The first kappa shape index (κ1) is 16.3. The van der Waals surface area contributed by atoms with Crippen molar-refractivity contribution in [3.05, 3.63) is 23.9 Å². The highest BCUT2D eigenvalue weighted by Gasteiger charge is 2.55. The number of fused-ring (bicyclic) bond motifs is 2. The number of nitrogens with zero attached hydrogens (tertiary/aromatic N) is 2. The number of carbonyl (C=O) groups is 2. The van der Waals surface area contributed by atoms with E-state index in [2.05, 4.69) is 24.6 Å². The average molecular weight is 332 g/mol. The molecule has 0 radical (unpaired) electrons. The second kappa shape index (κ2) is 5.83. The summed E-state index contributed by atoms with van der Waals surface area (Å²) in [6.45, 7) is 7.78. The molecule has 0 N–H and O–H groups in total. The summed E-state index contributed by atoms with van der Waals surface area (Å²) in [4.78, 5) is 30.8. The van der Waals surface area contributed by atoms with Crippen LogP contribution in [0.1, 0.15) is 24.8 Å². The summed E-state index contributed by atoms with van der Waals surface area (Å²) in [7, 11) is -1.15. The summed E-state index contributed by atoms with van der Waals surface area (Å²) in [5.41, 5.74) is 0.202. The second-order valence-corrected chi connectivity index (χ2v) is 13.4. The Morgan fingerprint density at radius 2 is 2.13 bits per heavy atom. The van der Waals surface area contributed by atoms with Gasteiger partial charge in [0.25, 0.3) is 0 Å². The van der Waals surface area contributed by atoms with Crippen molar-refractivity contribution in [2.24, 2.45) is 0 Å². The number of ether oxygens (including phenoxy) is 1.